The van der Waals surface area contributed by atoms with Gasteiger partial charge in [0.1, 0.15) is 5.56 Å². The summed E-state index contributed by atoms with van der Waals surface area (Å²) < 4.78 is 1.76. The van der Waals surface area contributed by atoms with E-state index in [2.05, 4.69) is 29.1 Å². The zero-order valence-electron chi connectivity index (χ0n) is 22.5. The first-order valence-electron chi connectivity index (χ1n) is 14.0. The molecule has 1 aromatic carbocycles. The molecule has 2 atom stereocenters. The second-order valence-corrected chi connectivity index (χ2v) is 10.9. The van der Waals surface area contributed by atoms with Gasteiger partial charge in [-0.05, 0) is 49.8 Å². The van der Waals surface area contributed by atoms with Gasteiger partial charge >= 0.3 is 5.97 Å². The largest absolute Gasteiger partial charge is 0.478 e. The molecule has 2 aliphatic carbocycles. The normalized spacial score (nSPS) is 22.2. The molecule has 0 bridgehead atoms. The summed E-state index contributed by atoms with van der Waals surface area (Å²) in [4.78, 5) is 14.2. The summed E-state index contributed by atoms with van der Waals surface area (Å²) in [6, 6.07) is 8.18. The number of piperidine rings is 1. The van der Waals surface area contributed by atoms with Crippen LogP contribution in [0.1, 0.15) is 93.1 Å². The van der Waals surface area contributed by atoms with Gasteiger partial charge in [-0.3, -0.25) is 0 Å². The SMILES string of the molecule is CCC1CCCCC1.CN(N)/C=C(\N)C1CC1c1c(C(=O)O)cnn1-c1cccc(N2CCCCC2)c1. The predicted octanol–water partition coefficient (Wildman–Crippen LogP) is 5.25. The van der Waals surface area contributed by atoms with Gasteiger partial charge in [-0.15, -0.1) is 0 Å². The quantitative estimate of drug-likeness (QED) is 0.346. The Hall–Kier alpha value is -3.00. The molecule has 8 nitrogen and oxygen atoms in total. The van der Waals surface area contributed by atoms with E-state index < -0.39 is 5.97 Å². The lowest BCUT2D eigenvalue weighted by Crippen LogP contribution is -2.29. The summed E-state index contributed by atoms with van der Waals surface area (Å²) in [5.41, 5.74) is 9.79. The van der Waals surface area contributed by atoms with E-state index in [0.717, 1.165) is 36.8 Å². The van der Waals surface area contributed by atoms with Gasteiger partial charge in [0.2, 0.25) is 0 Å². The number of aromatic carboxylic acids is 1. The van der Waals surface area contributed by atoms with E-state index in [9.17, 15) is 9.90 Å². The van der Waals surface area contributed by atoms with E-state index in [4.69, 9.17) is 11.6 Å². The molecule has 2 heterocycles. The Labute approximate surface area is 221 Å². The number of carboxylic acid groups (broad SMARTS) is 1. The zero-order chi connectivity index (χ0) is 26.4. The summed E-state index contributed by atoms with van der Waals surface area (Å²) in [7, 11) is 1.71. The second-order valence-electron chi connectivity index (χ2n) is 10.9. The molecule has 8 heteroatoms. The van der Waals surface area contributed by atoms with Gasteiger partial charge in [0, 0.05) is 49.6 Å². The van der Waals surface area contributed by atoms with Crippen LogP contribution in [0.5, 0.6) is 0 Å². The molecular weight excluding hydrogens is 464 g/mol. The summed E-state index contributed by atoms with van der Waals surface area (Å²) in [6.45, 7) is 4.42. The number of carbonyl (C=O) groups is 1. The third-order valence-electron chi connectivity index (χ3n) is 8.06. The lowest BCUT2D eigenvalue weighted by atomic mass is 9.88. The van der Waals surface area contributed by atoms with Crippen molar-refractivity contribution < 1.29 is 9.90 Å². The number of hydrogen-bond acceptors (Lipinski definition) is 6. The maximum absolute atomic E-state index is 11.8. The van der Waals surface area contributed by atoms with E-state index in [1.807, 2.05) is 12.1 Å². The monoisotopic (exact) mass is 508 g/mol. The summed E-state index contributed by atoms with van der Waals surface area (Å²) in [5.74, 6) is 5.87. The van der Waals surface area contributed by atoms with E-state index in [0.29, 0.717) is 11.4 Å². The minimum Gasteiger partial charge on any atom is -0.478 e. The third-order valence-corrected chi connectivity index (χ3v) is 8.06. The first-order valence-corrected chi connectivity index (χ1v) is 14.0. The maximum atomic E-state index is 11.8. The molecule has 5 rings (SSSR count). The van der Waals surface area contributed by atoms with Crippen molar-refractivity contribution in [1.29, 1.82) is 0 Å². The lowest BCUT2D eigenvalue weighted by Gasteiger charge is -2.29. The topological polar surface area (TPSA) is 114 Å². The first kappa shape index (κ1) is 27.0. The smallest absolute Gasteiger partial charge is 0.339 e. The van der Waals surface area contributed by atoms with Gasteiger partial charge < -0.3 is 20.7 Å². The Morgan fingerprint density at radius 1 is 1.14 bits per heavy atom. The number of nitrogens with zero attached hydrogens (tertiary/aromatic N) is 4. The van der Waals surface area contributed by atoms with Gasteiger partial charge in [0.05, 0.1) is 17.6 Å². The Morgan fingerprint density at radius 2 is 1.81 bits per heavy atom. The van der Waals surface area contributed by atoms with Crippen LogP contribution in [0.15, 0.2) is 42.4 Å². The highest BCUT2D eigenvalue weighted by Crippen LogP contribution is 2.51. The van der Waals surface area contributed by atoms with Crippen LogP contribution in [0.4, 0.5) is 5.69 Å². The minimum absolute atomic E-state index is 0.0124. The van der Waals surface area contributed by atoms with Crippen molar-refractivity contribution >= 4 is 11.7 Å². The number of allylic oxidation sites excluding steroid dienone is 1. The highest BCUT2D eigenvalue weighted by Gasteiger charge is 2.45. The first-order chi connectivity index (χ1) is 17.9. The standard InChI is InChI=1S/C21H28N6O2.C8H16/c1-25(23)13-19(22)16-11-17(16)20-18(21(28)29)12-24-27(20)15-7-5-6-14(10-15)26-8-3-2-4-9-26;1-2-8-6-4-3-5-7-8/h5-7,10,12-13,16-17H,2-4,8-9,11,22-23H2,1H3,(H,28,29);8H,2-7H2,1H3/b19-13-;. The molecule has 3 fully saturated rings. The average molecular weight is 509 g/mol. The fourth-order valence-corrected chi connectivity index (χ4v) is 5.85. The van der Waals surface area contributed by atoms with Crippen molar-refractivity contribution in [2.45, 2.75) is 77.0 Å². The second kappa shape index (κ2) is 12.5. The fraction of sp³-hybridized carbons (Fsp3) is 0.586. The molecule has 1 aromatic heterocycles. The molecule has 5 N–H and O–H groups in total. The van der Waals surface area contributed by atoms with Crippen molar-refractivity contribution in [1.82, 2.24) is 14.8 Å². The Morgan fingerprint density at radius 3 is 2.43 bits per heavy atom. The molecule has 0 amide bonds. The predicted molar refractivity (Wildman–Crippen MR) is 149 cm³/mol. The fourth-order valence-electron chi connectivity index (χ4n) is 5.85. The van der Waals surface area contributed by atoms with Crippen LogP contribution in [-0.4, -0.2) is 46.0 Å². The third kappa shape index (κ3) is 6.86. The van der Waals surface area contributed by atoms with Gasteiger partial charge in [-0.25, -0.2) is 15.3 Å². The number of rotatable bonds is 7. The molecule has 2 unspecified atom stereocenters. The molecule has 0 spiro atoms. The van der Waals surface area contributed by atoms with E-state index in [1.165, 1.54) is 69.0 Å². The Bertz CT molecular complexity index is 1070. The number of benzene rings is 1. The maximum Gasteiger partial charge on any atom is 0.339 e. The van der Waals surface area contributed by atoms with Crippen molar-refractivity contribution in [2.75, 3.05) is 25.0 Å². The van der Waals surface area contributed by atoms with Gasteiger partial charge in [-0.2, -0.15) is 5.10 Å². The van der Waals surface area contributed by atoms with Crippen molar-refractivity contribution in [3.8, 4) is 5.69 Å². The van der Waals surface area contributed by atoms with Crippen LogP contribution < -0.4 is 16.5 Å². The number of nitrogens with two attached hydrogens (primary N) is 2. The minimum atomic E-state index is -0.970. The summed E-state index contributed by atoms with van der Waals surface area (Å²) in [6.07, 6.45) is 16.5. The average Bonchev–Trinajstić information content (AvgIpc) is 3.59. The Balaban J connectivity index is 0.000000342. The molecular formula is C29H44N6O2. The molecule has 3 aliphatic rings. The lowest BCUT2D eigenvalue weighted by molar-refractivity contribution is 0.0695. The van der Waals surface area contributed by atoms with Crippen LogP contribution >= 0.6 is 0 Å². The van der Waals surface area contributed by atoms with Crippen LogP contribution in [0.2, 0.25) is 0 Å². The van der Waals surface area contributed by atoms with E-state index >= 15 is 0 Å². The highest BCUT2D eigenvalue weighted by molar-refractivity contribution is 5.89. The highest BCUT2D eigenvalue weighted by atomic mass is 16.4. The number of hydrazine groups is 1. The van der Waals surface area contributed by atoms with Gasteiger partial charge in [0.25, 0.3) is 0 Å². The number of aromatic nitrogens is 2. The summed E-state index contributed by atoms with van der Waals surface area (Å²) in [5, 5.41) is 15.5. The molecule has 202 valence electrons. The van der Waals surface area contributed by atoms with Crippen LogP contribution in [0, 0.1) is 11.8 Å². The summed E-state index contributed by atoms with van der Waals surface area (Å²) >= 11 is 0. The van der Waals surface area contributed by atoms with Gasteiger partial charge in [-0.1, -0.05) is 51.5 Å². The number of hydrogen-bond donors (Lipinski definition) is 3. The van der Waals surface area contributed by atoms with Crippen molar-refractivity contribution in [2.24, 2.45) is 23.4 Å². The zero-order valence-corrected chi connectivity index (χ0v) is 22.5. The van der Waals surface area contributed by atoms with Crippen LogP contribution in [0.25, 0.3) is 5.69 Å². The van der Waals surface area contributed by atoms with E-state index in [1.54, 1.807) is 17.9 Å². The molecule has 2 saturated carbocycles. The Kier molecular flexibility index (Phi) is 9.14. The molecule has 2 aromatic rings. The number of carboxylic acids is 1. The molecule has 1 aliphatic heterocycles. The van der Waals surface area contributed by atoms with Crippen molar-refractivity contribution in [3.05, 3.63) is 53.6 Å². The van der Waals surface area contributed by atoms with Crippen LogP contribution in [0.3, 0.4) is 0 Å². The molecule has 1 saturated heterocycles. The van der Waals surface area contributed by atoms with Crippen LogP contribution in [-0.2, 0) is 0 Å². The molecule has 37 heavy (non-hydrogen) atoms. The van der Waals surface area contributed by atoms with Crippen molar-refractivity contribution in [3.63, 3.8) is 0 Å². The van der Waals surface area contributed by atoms with E-state index in [-0.39, 0.29) is 17.4 Å². The molecule has 0 radical (unpaired) electrons. The number of anilines is 1. The van der Waals surface area contributed by atoms with Gasteiger partial charge in [0.15, 0.2) is 0 Å².